The van der Waals surface area contributed by atoms with E-state index in [1.54, 1.807) is 12.3 Å². The van der Waals surface area contributed by atoms with Gasteiger partial charge in [-0.3, -0.25) is 14.7 Å². The van der Waals surface area contributed by atoms with Crippen LogP contribution in [0.4, 0.5) is 5.82 Å². The quantitative estimate of drug-likeness (QED) is 0.569. The van der Waals surface area contributed by atoms with E-state index >= 15 is 0 Å². The molecule has 1 amide bonds. The van der Waals surface area contributed by atoms with Crippen LogP contribution in [0.5, 0.6) is 0 Å². The van der Waals surface area contributed by atoms with Gasteiger partial charge in [-0.1, -0.05) is 25.1 Å². The summed E-state index contributed by atoms with van der Waals surface area (Å²) in [5.74, 6) is -0.441. The second kappa shape index (κ2) is 9.67. The van der Waals surface area contributed by atoms with Crippen LogP contribution < -0.4 is 5.32 Å². The number of amides is 1. The first-order chi connectivity index (χ1) is 15.9. The molecule has 0 saturated carbocycles. The van der Waals surface area contributed by atoms with Gasteiger partial charge in [0.05, 0.1) is 11.1 Å². The Morgan fingerprint density at radius 1 is 1.21 bits per heavy atom. The zero-order chi connectivity index (χ0) is 23.5. The average Bonchev–Trinajstić information content (AvgIpc) is 2.80. The van der Waals surface area contributed by atoms with Crippen molar-refractivity contribution in [3.63, 3.8) is 0 Å². The molecule has 1 unspecified atom stereocenters. The summed E-state index contributed by atoms with van der Waals surface area (Å²) in [6.07, 6.45) is 1.84. The van der Waals surface area contributed by atoms with Gasteiger partial charge in [-0.15, -0.1) is 0 Å². The Bertz CT molecular complexity index is 1190. The number of carbonyl (C=O) groups is 2. The van der Waals surface area contributed by atoms with Crippen molar-refractivity contribution in [3.8, 4) is 0 Å². The molecule has 1 aromatic carbocycles. The van der Waals surface area contributed by atoms with E-state index in [1.165, 1.54) is 0 Å². The number of hydrogen-bond donors (Lipinski definition) is 1. The third-order valence-corrected chi connectivity index (χ3v) is 6.09. The number of nitrogens with zero attached hydrogens (tertiary/aromatic N) is 3. The minimum absolute atomic E-state index is 0.351. The second-order valence-corrected chi connectivity index (χ2v) is 8.75. The largest absolute Gasteiger partial charge is 0.449 e. The highest BCUT2D eigenvalue weighted by atomic mass is 16.5. The van der Waals surface area contributed by atoms with Crippen molar-refractivity contribution in [3.05, 3.63) is 65.0 Å². The van der Waals surface area contributed by atoms with Gasteiger partial charge in [-0.05, 0) is 51.0 Å². The maximum atomic E-state index is 13.5. The lowest BCUT2D eigenvalue weighted by Gasteiger charge is -2.32. The summed E-state index contributed by atoms with van der Waals surface area (Å²) in [6, 6.07) is 11.6. The number of rotatable bonds is 6. The highest BCUT2D eigenvalue weighted by molar-refractivity contribution is 6.06. The Hall–Kier alpha value is -3.32. The molecule has 0 aliphatic carbocycles. The predicted octanol–water partition coefficient (Wildman–Crippen LogP) is 4.28. The topological polar surface area (TPSA) is 84.4 Å². The summed E-state index contributed by atoms with van der Waals surface area (Å²) >= 11 is 0. The molecule has 1 aliphatic rings. The minimum atomic E-state index is -0.924. The number of anilines is 1. The molecule has 0 saturated heterocycles. The maximum absolute atomic E-state index is 13.5. The molecule has 3 heterocycles. The van der Waals surface area contributed by atoms with Crippen molar-refractivity contribution in [1.82, 2.24) is 14.9 Å². The van der Waals surface area contributed by atoms with Gasteiger partial charge in [-0.2, -0.15) is 0 Å². The number of para-hydroxylation sites is 1. The summed E-state index contributed by atoms with van der Waals surface area (Å²) in [5, 5.41) is 3.52. The molecule has 1 aliphatic heterocycles. The molecule has 1 atom stereocenters. The van der Waals surface area contributed by atoms with Gasteiger partial charge < -0.3 is 10.1 Å². The van der Waals surface area contributed by atoms with Crippen LogP contribution in [0.2, 0.25) is 0 Å². The van der Waals surface area contributed by atoms with E-state index in [4.69, 9.17) is 9.72 Å². The van der Waals surface area contributed by atoms with Crippen molar-refractivity contribution < 1.29 is 14.3 Å². The van der Waals surface area contributed by atoms with E-state index in [1.807, 2.05) is 44.2 Å². The van der Waals surface area contributed by atoms with Gasteiger partial charge in [0.1, 0.15) is 5.82 Å². The van der Waals surface area contributed by atoms with E-state index in [9.17, 15) is 9.59 Å². The molecule has 2 aromatic heterocycles. The van der Waals surface area contributed by atoms with Gasteiger partial charge >= 0.3 is 5.97 Å². The lowest BCUT2D eigenvalue weighted by atomic mass is 9.95. The molecule has 0 bridgehead atoms. The molecule has 1 N–H and O–H groups in total. The number of fused-ring (bicyclic) bond motifs is 2. The SMILES string of the molecule is CCC(OC(=O)c1c2c(nc3ccccc13)CCN(C(C)C)C2)C(=O)Nc1cc(C)ccn1. The Morgan fingerprint density at radius 3 is 2.73 bits per heavy atom. The fourth-order valence-corrected chi connectivity index (χ4v) is 4.21. The van der Waals surface area contributed by atoms with Crippen LogP contribution in [-0.4, -0.2) is 45.4 Å². The van der Waals surface area contributed by atoms with Crippen LogP contribution in [0, 0.1) is 6.92 Å². The molecule has 4 rings (SSSR count). The predicted molar refractivity (Wildman–Crippen MR) is 128 cm³/mol. The molecule has 0 radical (unpaired) electrons. The number of ether oxygens (including phenoxy) is 1. The van der Waals surface area contributed by atoms with Crippen LogP contribution in [-0.2, 0) is 22.5 Å². The number of pyridine rings is 2. The van der Waals surface area contributed by atoms with Crippen molar-refractivity contribution in [1.29, 1.82) is 0 Å². The Kier molecular flexibility index (Phi) is 6.70. The van der Waals surface area contributed by atoms with Gasteiger partial charge in [-0.25, -0.2) is 9.78 Å². The first kappa shape index (κ1) is 22.9. The summed E-state index contributed by atoms with van der Waals surface area (Å²) in [7, 11) is 0. The van der Waals surface area contributed by atoms with Crippen molar-refractivity contribution >= 4 is 28.6 Å². The van der Waals surface area contributed by atoms with Gasteiger partial charge in [0.2, 0.25) is 0 Å². The standard InChI is InChI=1S/C26H30N4O3/c1-5-22(25(31)29-23-14-17(4)10-12-27-23)33-26(32)24-18-8-6-7-9-20(18)28-21-11-13-30(16(2)3)15-19(21)24/h6-10,12,14,16,22H,5,11,13,15H2,1-4H3,(H,27,29,31). The van der Waals surface area contributed by atoms with Gasteiger partial charge in [0.25, 0.3) is 5.91 Å². The summed E-state index contributed by atoms with van der Waals surface area (Å²) in [6.45, 7) is 9.57. The number of aromatic nitrogens is 2. The summed E-state index contributed by atoms with van der Waals surface area (Å²) in [5.41, 5.74) is 4.09. The smallest absolute Gasteiger partial charge is 0.340 e. The maximum Gasteiger partial charge on any atom is 0.340 e. The third kappa shape index (κ3) is 4.88. The molecule has 7 heteroatoms. The highest BCUT2D eigenvalue weighted by Crippen LogP contribution is 2.30. The Balaban J connectivity index is 1.65. The number of hydrogen-bond acceptors (Lipinski definition) is 6. The molecular formula is C26H30N4O3. The van der Waals surface area contributed by atoms with Crippen LogP contribution in [0.25, 0.3) is 10.9 Å². The second-order valence-electron chi connectivity index (χ2n) is 8.75. The van der Waals surface area contributed by atoms with E-state index in [0.717, 1.165) is 40.7 Å². The van der Waals surface area contributed by atoms with Crippen LogP contribution in [0.3, 0.4) is 0 Å². The lowest BCUT2D eigenvalue weighted by Crippen LogP contribution is -2.38. The molecule has 0 fully saturated rings. The van der Waals surface area contributed by atoms with E-state index < -0.39 is 12.1 Å². The molecular weight excluding hydrogens is 416 g/mol. The van der Waals surface area contributed by atoms with Crippen LogP contribution in [0.1, 0.15) is 54.4 Å². The summed E-state index contributed by atoms with van der Waals surface area (Å²) < 4.78 is 5.79. The fraction of sp³-hybridized carbons (Fsp3) is 0.385. The molecule has 33 heavy (non-hydrogen) atoms. The summed E-state index contributed by atoms with van der Waals surface area (Å²) in [4.78, 5) is 37.7. The Labute approximate surface area is 194 Å². The van der Waals surface area contributed by atoms with E-state index in [-0.39, 0.29) is 5.91 Å². The van der Waals surface area contributed by atoms with Crippen molar-refractivity contribution in [2.45, 2.75) is 59.2 Å². The zero-order valence-electron chi connectivity index (χ0n) is 19.6. The molecule has 172 valence electrons. The minimum Gasteiger partial charge on any atom is -0.449 e. The third-order valence-electron chi connectivity index (χ3n) is 6.09. The number of carbonyl (C=O) groups excluding carboxylic acids is 2. The first-order valence-corrected chi connectivity index (χ1v) is 11.5. The fourth-order valence-electron chi connectivity index (χ4n) is 4.21. The average molecular weight is 447 g/mol. The normalized spacial score (nSPS) is 14.7. The zero-order valence-corrected chi connectivity index (χ0v) is 19.6. The van der Waals surface area contributed by atoms with Gasteiger partial charge in [0.15, 0.2) is 6.10 Å². The highest BCUT2D eigenvalue weighted by Gasteiger charge is 2.30. The number of aryl methyl sites for hydroxylation is 1. The first-order valence-electron chi connectivity index (χ1n) is 11.5. The van der Waals surface area contributed by atoms with E-state index in [2.05, 4.69) is 29.0 Å². The monoisotopic (exact) mass is 446 g/mol. The lowest BCUT2D eigenvalue weighted by molar-refractivity contribution is -0.124. The number of nitrogens with one attached hydrogen (secondary N) is 1. The van der Waals surface area contributed by atoms with Crippen molar-refractivity contribution in [2.24, 2.45) is 0 Å². The Morgan fingerprint density at radius 2 is 2.00 bits per heavy atom. The van der Waals surface area contributed by atoms with E-state index in [0.29, 0.717) is 30.4 Å². The van der Waals surface area contributed by atoms with Crippen LogP contribution >= 0.6 is 0 Å². The van der Waals surface area contributed by atoms with Crippen LogP contribution in [0.15, 0.2) is 42.6 Å². The number of esters is 1. The molecule has 0 spiro atoms. The van der Waals surface area contributed by atoms with Gasteiger partial charge in [0, 0.05) is 48.4 Å². The number of benzene rings is 1. The van der Waals surface area contributed by atoms with Crippen molar-refractivity contribution in [2.75, 3.05) is 11.9 Å². The molecule has 7 nitrogen and oxygen atoms in total. The molecule has 3 aromatic rings.